The van der Waals surface area contributed by atoms with Gasteiger partial charge < -0.3 is 14.4 Å². The van der Waals surface area contributed by atoms with Crippen molar-refractivity contribution >= 4 is 17.6 Å². The summed E-state index contributed by atoms with van der Waals surface area (Å²) in [5.41, 5.74) is 3.08. The Bertz CT molecular complexity index is 757. The molecule has 0 fully saturated rings. The van der Waals surface area contributed by atoms with Crippen molar-refractivity contribution in [1.29, 1.82) is 0 Å². The summed E-state index contributed by atoms with van der Waals surface area (Å²) < 4.78 is 10.4. The Kier molecular flexibility index (Phi) is 4.79. The largest absolute Gasteiger partial charge is 0.482 e. The maximum Gasteiger partial charge on any atom is 0.344 e. The van der Waals surface area contributed by atoms with Crippen LogP contribution in [0.4, 0.5) is 5.69 Å². The maximum absolute atomic E-state index is 12.2. The van der Waals surface area contributed by atoms with E-state index in [1.165, 1.54) is 0 Å². The SMILES string of the molecule is Cc1cccc(OCC(=O)OCC(=O)N2CCc3ccccc32)c1. The van der Waals surface area contributed by atoms with Gasteiger partial charge in [0.05, 0.1) is 0 Å². The van der Waals surface area contributed by atoms with Crippen molar-refractivity contribution < 1.29 is 19.1 Å². The third-order valence-electron chi connectivity index (χ3n) is 3.89. The van der Waals surface area contributed by atoms with Crippen LogP contribution in [0.25, 0.3) is 0 Å². The minimum atomic E-state index is -0.558. The molecule has 0 aliphatic carbocycles. The molecule has 0 saturated heterocycles. The standard InChI is InChI=1S/C19H19NO4/c1-14-5-4-7-16(11-14)23-13-19(22)24-12-18(21)20-10-9-15-6-2-3-8-17(15)20/h2-8,11H,9-10,12-13H2,1H3. The number of carbonyl (C=O) groups is 2. The van der Waals surface area contributed by atoms with E-state index in [1.54, 1.807) is 11.0 Å². The number of amides is 1. The molecule has 5 nitrogen and oxygen atoms in total. The van der Waals surface area contributed by atoms with Crippen molar-refractivity contribution in [2.45, 2.75) is 13.3 Å². The number of ether oxygens (including phenoxy) is 2. The topological polar surface area (TPSA) is 55.8 Å². The van der Waals surface area contributed by atoms with Gasteiger partial charge in [0, 0.05) is 12.2 Å². The zero-order chi connectivity index (χ0) is 16.9. The first-order valence-corrected chi connectivity index (χ1v) is 7.87. The highest BCUT2D eigenvalue weighted by molar-refractivity contribution is 5.97. The summed E-state index contributed by atoms with van der Waals surface area (Å²) in [5, 5.41) is 0. The number of carbonyl (C=O) groups excluding carboxylic acids is 2. The molecule has 1 aliphatic rings. The van der Waals surface area contributed by atoms with Gasteiger partial charge in [-0.15, -0.1) is 0 Å². The van der Waals surface area contributed by atoms with Crippen LogP contribution in [0.2, 0.25) is 0 Å². The van der Waals surface area contributed by atoms with Gasteiger partial charge >= 0.3 is 5.97 Å². The molecule has 0 atom stereocenters. The number of hydrogen-bond acceptors (Lipinski definition) is 4. The molecule has 2 aromatic rings. The first-order chi connectivity index (χ1) is 11.6. The van der Waals surface area contributed by atoms with Crippen molar-refractivity contribution in [3.8, 4) is 5.75 Å². The molecule has 0 aromatic heterocycles. The Morgan fingerprint density at radius 1 is 1.08 bits per heavy atom. The molecule has 1 aliphatic heterocycles. The molecule has 0 saturated carbocycles. The summed E-state index contributed by atoms with van der Waals surface area (Å²) in [7, 11) is 0. The fraction of sp³-hybridized carbons (Fsp3) is 0.263. The Morgan fingerprint density at radius 3 is 2.75 bits per heavy atom. The lowest BCUT2D eigenvalue weighted by atomic mass is 10.2. The van der Waals surface area contributed by atoms with Crippen molar-refractivity contribution in [2.24, 2.45) is 0 Å². The van der Waals surface area contributed by atoms with E-state index in [-0.39, 0.29) is 19.1 Å². The highest BCUT2D eigenvalue weighted by atomic mass is 16.6. The molecule has 0 bridgehead atoms. The Hall–Kier alpha value is -2.82. The van der Waals surface area contributed by atoms with Crippen LogP contribution < -0.4 is 9.64 Å². The fourth-order valence-electron chi connectivity index (χ4n) is 2.71. The van der Waals surface area contributed by atoms with Crippen LogP contribution >= 0.6 is 0 Å². The molecular formula is C19H19NO4. The first kappa shape index (κ1) is 16.1. The van der Waals surface area contributed by atoms with Crippen LogP contribution in [0, 0.1) is 6.92 Å². The second-order valence-corrected chi connectivity index (χ2v) is 5.69. The number of benzene rings is 2. The molecule has 0 N–H and O–H groups in total. The molecule has 124 valence electrons. The quantitative estimate of drug-likeness (QED) is 0.793. The molecule has 1 heterocycles. The Balaban J connectivity index is 1.47. The van der Waals surface area contributed by atoms with Gasteiger partial charge in [-0.2, -0.15) is 0 Å². The average Bonchev–Trinajstić information content (AvgIpc) is 3.02. The van der Waals surface area contributed by atoms with Gasteiger partial charge in [-0.3, -0.25) is 4.79 Å². The average molecular weight is 325 g/mol. The van der Waals surface area contributed by atoms with E-state index in [2.05, 4.69) is 0 Å². The number of fused-ring (bicyclic) bond motifs is 1. The van der Waals surface area contributed by atoms with Crippen LogP contribution in [-0.2, 0) is 20.7 Å². The van der Waals surface area contributed by atoms with E-state index >= 15 is 0 Å². The molecule has 0 unspecified atom stereocenters. The number of esters is 1. The minimum Gasteiger partial charge on any atom is -0.482 e. The van der Waals surface area contributed by atoms with Crippen molar-refractivity contribution in [3.63, 3.8) is 0 Å². The lowest BCUT2D eigenvalue weighted by molar-refractivity contribution is -0.149. The van der Waals surface area contributed by atoms with E-state index in [9.17, 15) is 9.59 Å². The smallest absolute Gasteiger partial charge is 0.344 e. The number of aryl methyl sites for hydroxylation is 1. The van der Waals surface area contributed by atoms with E-state index in [1.807, 2.05) is 49.4 Å². The summed E-state index contributed by atoms with van der Waals surface area (Å²) in [6, 6.07) is 15.2. The van der Waals surface area contributed by atoms with Crippen molar-refractivity contribution in [1.82, 2.24) is 0 Å². The number of anilines is 1. The number of rotatable bonds is 5. The van der Waals surface area contributed by atoms with Crippen LogP contribution in [-0.4, -0.2) is 31.6 Å². The van der Waals surface area contributed by atoms with Gasteiger partial charge in [0.25, 0.3) is 5.91 Å². The summed E-state index contributed by atoms with van der Waals surface area (Å²) in [6.45, 7) is 2.07. The monoisotopic (exact) mass is 325 g/mol. The normalized spacial score (nSPS) is 12.6. The predicted octanol–water partition coefficient (Wildman–Crippen LogP) is 2.51. The molecule has 2 aromatic carbocycles. The first-order valence-electron chi connectivity index (χ1n) is 7.87. The highest BCUT2D eigenvalue weighted by Crippen LogP contribution is 2.27. The van der Waals surface area contributed by atoms with Crippen LogP contribution in [0.15, 0.2) is 48.5 Å². The van der Waals surface area contributed by atoms with E-state index < -0.39 is 5.97 Å². The Labute approximate surface area is 140 Å². The van der Waals surface area contributed by atoms with Gasteiger partial charge in [-0.1, -0.05) is 30.3 Å². The van der Waals surface area contributed by atoms with Gasteiger partial charge in [-0.25, -0.2) is 4.79 Å². The lowest BCUT2D eigenvalue weighted by Gasteiger charge is -2.17. The maximum atomic E-state index is 12.2. The second-order valence-electron chi connectivity index (χ2n) is 5.69. The van der Waals surface area contributed by atoms with E-state index in [0.29, 0.717) is 12.3 Å². The molecule has 3 rings (SSSR count). The molecular weight excluding hydrogens is 306 g/mol. The van der Waals surface area contributed by atoms with Gasteiger partial charge in [0.1, 0.15) is 5.75 Å². The lowest BCUT2D eigenvalue weighted by Crippen LogP contribution is -2.33. The van der Waals surface area contributed by atoms with Gasteiger partial charge in [-0.05, 0) is 42.7 Å². The molecule has 24 heavy (non-hydrogen) atoms. The Morgan fingerprint density at radius 2 is 1.92 bits per heavy atom. The molecule has 0 spiro atoms. The van der Waals surface area contributed by atoms with Crippen molar-refractivity contribution in [3.05, 3.63) is 59.7 Å². The van der Waals surface area contributed by atoms with Gasteiger partial charge in [0.15, 0.2) is 13.2 Å². The number of hydrogen-bond donors (Lipinski definition) is 0. The summed E-state index contributed by atoms with van der Waals surface area (Å²) in [4.78, 5) is 25.6. The minimum absolute atomic E-state index is 0.215. The zero-order valence-corrected chi connectivity index (χ0v) is 13.5. The van der Waals surface area contributed by atoms with Crippen LogP contribution in [0.3, 0.4) is 0 Å². The van der Waals surface area contributed by atoms with Crippen LogP contribution in [0.5, 0.6) is 5.75 Å². The van der Waals surface area contributed by atoms with E-state index in [0.717, 1.165) is 23.2 Å². The predicted molar refractivity (Wildman–Crippen MR) is 90.1 cm³/mol. The molecule has 5 heteroatoms. The number of nitrogens with zero attached hydrogens (tertiary/aromatic N) is 1. The third-order valence-corrected chi connectivity index (χ3v) is 3.89. The third kappa shape index (κ3) is 3.74. The summed E-state index contributed by atoms with van der Waals surface area (Å²) in [5.74, 6) is -0.173. The van der Waals surface area contributed by atoms with Crippen LogP contribution in [0.1, 0.15) is 11.1 Å². The van der Waals surface area contributed by atoms with Crippen molar-refractivity contribution in [2.75, 3.05) is 24.7 Å². The van der Waals surface area contributed by atoms with E-state index in [4.69, 9.17) is 9.47 Å². The molecule has 1 amide bonds. The second kappa shape index (κ2) is 7.17. The number of para-hydroxylation sites is 1. The van der Waals surface area contributed by atoms with Gasteiger partial charge in [0.2, 0.25) is 0 Å². The fourth-order valence-corrected chi connectivity index (χ4v) is 2.71. The zero-order valence-electron chi connectivity index (χ0n) is 13.5. The summed E-state index contributed by atoms with van der Waals surface area (Å²) >= 11 is 0. The highest BCUT2D eigenvalue weighted by Gasteiger charge is 2.24. The molecule has 0 radical (unpaired) electrons. The summed E-state index contributed by atoms with van der Waals surface area (Å²) in [6.07, 6.45) is 0.826.